The van der Waals surface area contributed by atoms with Crippen LogP contribution in [0.1, 0.15) is 32.1 Å². The molecule has 2 aliphatic heterocycles. The Hall–Kier alpha value is -3.37. The van der Waals surface area contributed by atoms with E-state index in [0.717, 1.165) is 37.7 Å². The Morgan fingerprint density at radius 1 is 1.11 bits per heavy atom. The molecular weight excluding hydrogens is 462 g/mol. The van der Waals surface area contributed by atoms with E-state index in [4.69, 9.17) is 19.9 Å². The summed E-state index contributed by atoms with van der Waals surface area (Å²) in [5.41, 5.74) is 7.95. The largest absolute Gasteiger partial charge is 0.486 e. The van der Waals surface area contributed by atoms with Crippen LogP contribution in [-0.2, 0) is 9.53 Å². The van der Waals surface area contributed by atoms with Gasteiger partial charge in [0, 0.05) is 48.7 Å². The molecule has 192 valence electrons. The second kappa shape index (κ2) is 11.1. The van der Waals surface area contributed by atoms with Gasteiger partial charge in [0.2, 0.25) is 5.91 Å². The highest BCUT2D eigenvalue weighted by Crippen LogP contribution is 2.40. The van der Waals surface area contributed by atoms with Crippen LogP contribution >= 0.6 is 0 Å². The number of pyridine rings is 1. The smallest absolute Gasteiger partial charge is 0.319 e. The molecule has 1 saturated heterocycles. The minimum Gasteiger partial charge on any atom is -0.486 e. The van der Waals surface area contributed by atoms with Crippen LogP contribution < -0.4 is 31.2 Å². The topological polar surface area (TPSA) is 137 Å². The van der Waals surface area contributed by atoms with Crippen LogP contribution in [0.2, 0.25) is 0 Å². The Kier molecular flexibility index (Phi) is 7.52. The van der Waals surface area contributed by atoms with E-state index in [1.165, 1.54) is 0 Å². The van der Waals surface area contributed by atoms with Crippen molar-refractivity contribution < 1.29 is 23.8 Å². The third kappa shape index (κ3) is 5.88. The maximum Gasteiger partial charge on any atom is 0.319 e. The summed E-state index contributed by atoms with van der Waals surface area (Å²) in [6, 6.07) is 9.14. The Morgan fingerprint density at radius 3 is 2.78 bits per heavy atom. The molecule has 2 aromatic rings. The van der Waals surface area contributed by atoms with Gasteiger partial charge in [-0.05, 0) is 56.4 Å². The van der Waals surface area contributed by atoms with Gasteiger partial charge in [0.25, 0.3) is 0 Å². The molecule has 1 aromatic carbocycles. The molecule has 1 unspecified atom stereocenters. The van der Waals surface area contributed by atoms with Crippen LogP contribution in [0.3, 0.4) is 0 Å². The first-order chi connectivity index (χ1) is 17.5. The molecule has 2 fully saturated rings. The van der Waals surface area contributed by atoms with Crippen molar-refractivity contribution in [3.63, 3.8) is 0 Å². The number of nitrogens with one attached hydrogen (secondary N) is 3. The van der Waals surface area contributed by atoms with E-state index >= 15 is 0 Å². The summed E-state index contributed by atoms with van der Waals surface area (Å²) < 4.78 is 17.5. The van der Waals surface area contributed by atoms with Gasteiger partial charge in [-0.3, -0.25) is 9.78 Å². The number of amides is 3. The fourth-order valence-electron chi connectivity index (χ4n) is 4.91. The first kappa shape index (κ1) is 24.3. The van der Waals surface area contributed by atoms with Gasteiger partial charge in [-0.2, -0.15) is 0 Å². The second-order valence-corrected chi connectivity index (χ2v) is 9.61. The van der Waals surface area contributed by atoms with Gasteiger partial charge in [0.15, 0.2) is 11.5 Å². The predicted molar refractivity (Wildman–Crippen MR) is 134 cm³/mol. The van der Waals surface area contributed by atoms with E-state index in [-0.39, 0.29) is 36.0 Å². The quantitative estimate of drug-likeness (QED) is 0.483. The van der Waals surface area contributed by atoms with E-state index < -0.39 is 0 Å². The number of nitrogens with zero attached hydrogens (tertiary/aromatic N) is 1. The number of carbonyl (C=O) groups excluding carboxylic acids is 2. The molecular formula is C26H33N5O5. The monoisotopic (exact) mass is 495 g/mol. The molecule has 0 bridgehead atoms. The maximum atomic E-state index is 12.5. The van der Waals surface area contributed by atoms with Crippen LogP contribution in [-0.4, -0.2) is 61.5 Å². The van der Waals surface area contributed by atoms with Crippen LogP contribution in [0.5, 0.6) is 11.5 Å². The van der Waals surface area contributed by atoms with E-state index in [0.29, 0.717) is 49.2 Å². The van der Waals surface area contributed by atoms with Crippen LogP contribution in [0, 0.1) is 5.92 Å². The second-order valence-electron chi connectivity index (χ2n) is 9.61. The van der Waals surface area contributed by atoms with Gasteiger partial charge in [0.05, 0.1) is 12.2 Å². The minimum absolute atomic E-state index is 0.0202. The fraction of sp³-hybridized carbons (Fsp3) is 0.500. The SMILES string of the molecule is N[C@H]1CC[C@@H](NC(=O)Nc2ccnc(-c3cccc4c3OC(CNC(=O)C3CCOCC3)CO4)c2)C1. The van der Waals surface area contributed by atoms with Crippen molar-refractivity contribution >= 4 is 17.6 Å². The molecule has 1 aromatic heterocycles. The molecule has 1 saturated carbocycles. The Morgan fingerprint density at radius 2 is 1.97 bits per heavy atom. The molecule has 5 rings (SSSR count). The van der Waals surface area contributed by atoms with Crippen molar-refractivity contribution in [3.8, 4) is 22.8 Å². The zero-order chi connectivity index (χ0) is 24.9. The number of carbonyl (C=O) groups is 2. The minimum atomic E-state index is -0.327. The Bertz CT molecular complexity index is 1090. The predicted octanol–water partition coefficient (Wildman–Crippen LogP) is 2.43. The fourth-order valence-corrected chi connectivity index (χ4v) is 4.91. The summed E-state index contributed by atoms with van der Waals surface area (Å²) in [5.74, 6) is 1.20. The standard InChI is InChI=1S/C26H33N5O5/c27-17-4-5-18(12-17)30-26(33)31-19-6-9-28-22(13-19)21-2-1-3-23-24(21)36-20(15-35-23)14-29-25(32)16-7-10-34-11-8-16/h1-3,6,9,13,16-18,20H,4-5,7-8,10-12,14-15,27H2,(H,29,32)(H2,28,30,31,33)/t17-,18+,20?/m0/s1. The normalized spacial score (nSPS) is 23.6. The summed E-state index contributed by atoms with van der Waals surface area (Å²) in [5, 5.41) is 8.87. The molecule has 10 heteroatoms. The molecule has 3 aliphatic rings. The average Bonchev–Trinajstić information content (AvgIpc) is 3.31. The third-order valence-corrected chi connectivity index (χ3v) is 6.89. The lowest BCUT2D eigenvalue weighted by molar-refractivity contribution is -0.128. The average molecular weight is 496 g/mol. The third-order valence-electron chi connectivity index (χ3n) is 6.89. The summed E-state index contributed by atoms with van der Waals surface area (Å²) in [4.78, 5) is 29.5. The van der Waals surface area contributed by atoms with Crippen molar-refractivity contribution in [2.75, 3.05) is 31.7 Å². The highest BCUT2D eigenvalue weighted by Gasteiger charge is 2.27. The number of rotatable bonds is 6. The molecule has 3 heterocycles. The van der Waals surface area contributed by atoms with Gasteiger partial charge >= 0.3 is 6.03 Å². The van der Waals surface area contributed by atoms with Gasteiger partial charge in [0.1, 0.15) is 12.7 Å². The van der Waals surface area contributed by atoms with E-state index in [9.17, 15) is 9.59 Å². The zero-order valence-corrected chi connectivity index (χ0v) is 20.2. The number of aromatic nitrogens is 1. The van der Waals surface area contributed by atoms with Crippen molar-refractivity contribution in [2.45, 2.75) is 50.3 Å². The number of para-hydroxylation sites is 1. The molecule has 5 N–H and O–H groups in total. The van der Waals surface area contributed by atoms with E-state index in [1.54, 1.807) is 18.3 Å². The number of anilines is 1. The molecule has 0 spiro atoms. The molecule has 3 amide bonds. The highest BCUT2D eigenvalue weighted by molar-refractivity contribution is 5.90. The lowest BCUT2D eigenvalue weighted by Crippen LogP contribution is -2.43. The van der Waals surface area contributed by atoms with E-state index in [2.05, 4.69) is 20.9 Å². The van der Waals surface area contributed by atoms with Gasteiger partial charge < -0.3 is 35.9 Å². The van der Waals surface area contributed by atoms with Crippen molar-refractivity contribution in [3.05, 3.63) is 36.5 Å². The number of nitrogens with two attached hydrogens (primary N) is 1. The first-order valence-corrected chi connectivity index (χ1v) is 12.6. The number of hydrogen-bond donors (Lipinski definition) is 4. The number of hydrogen-bond acceptors (Lipinski definition) is 7. The summed E-state index contributed by atoms with van der Waals surface area (Å²) >= 11 is 0. The number of ether oxygens (including phenoxy) is 3. The number of urea groups is 1. The van der Waals surface area contributed by atoms with Crippen LogP contribution in [0.15, 0.2) is 36.5 Å². The van der Waals surface area contributed by atoms with Crippen molar-refractivity contribution in [1.82, 2.24) is 15.6 Å². The van der Waals surface area contributed by atoms with Crippen LogP contribution in [0.4, 0.5) is 10.5 Å². The van der Waals surface area contributed by atoms with Gasteiger partial charge in [-0.25, -0.2) is 4.79 Å². The van der Waals surface area contributed by atoms with Crippen molar-refractivity contribution in [1.29, 1.82) is 0 Å². The summed E-state index contributed by atoms with van der Waals surface area (Å²) in [6.07, 6.45) is 5.40. The molecule has 36 heavy (non-hydrogen) atoms. The number of benzene rings is 1. The molecule has 3 atom stereocenters. The Labute approximate surface area is 210 Å². The first-order valence-electron chi connectivity index (χ1n) is 12.6. The molecule has 1 aliphatic carbocycles. The summed E-state index contributed by atoms with van der Waals surface area (Å²) in [7, 11) is 0. The van der Waals surface area contributed by atoms with Gasteiger partial charge in [-0.15, -0.1) is 0 Å². The van der Waals surface area contributed by atoms with Crippen LogP contribution in [0.25, 0.3) is 11.3 Å². The summed E-state index contributed by atoms with van der Waals surface area (Å²) in [6.45, 7) is 1.93. The lowest BCUT2D eigenvalue weighted by Gasteiger charge is -2.29. The van der Waals surface area contributed by atoms with Gasteiger partial charge in [-0.1, -0.05) is 6.07 Å². The highest BCUT2D eigenvalue weighted by atomic mass is 16.6. The zero-order valence-electron chi connectivity index (χ0n) is 20.2. The lowest BCUT2D eigenvalue weighted by atomic mass is 9.99. The Balaban J connectivity index is 1.23. The molecule has 10 nitrogen and oxygen atoms in total. The number of fused-ring (bicyclic) bond motifs is 1. The van der Waals surface area contributed by atoms with Crippen molar-refractivity contribution in [2.24, 2.45) is 11.7 Å². The maximum absolute atomic E-state index is 12.5. The molecule has 0 radical (unpaired) electrons. The van der Waals surface area contributed by atoms with E-state index in [1.807, 2.05) is 18.2 Å².